The zero-order valence-corrected chi connectivity index (χ0v) is 12.8. The van der Waals surface area contributed by atoms with Crippen molar-refractivity contribution in [2.45, 2.75) is 13.8 Å². The first-order chi connectivity index (χ1) is 9.36. The molecule has 0 unspecified atom stereocenters. The second-order valence-electron chi connectivity index (χ2n) is 4.66. The van der Waals surface area contributed by atoms with Gasteiger partial charge in [-0.1, -0.05) is 37.0 Å². The molecule has 0 spiro atoms. The minimum absolute atomic E-state index is 0.0498. The molecule has 0 aromatic heterocycles. The molecule has 5 nitrogen and oxygen atoms in total. The van der Waals surface area contributed by atoms with E-state index in [0.29, 0.717) is 28.2 Å². The molecule has 20 heavy (non-hydrogen) atoms. The number of hydrogen-bond donors (Lipinski definition) is 3. The third-order valence-electron chi connectivity index (χ3n) is 2.24. The summed E-state index contributed by atoms with van der Waals surface area (Å²) in [5, 5.41) is 8.58. The number of urea groups is 1. The fraction of sp³-hybridized carbons (Fsp3) is 0.385. The Bertz CT molecular complexity index is 472. The van der Waals surface area contributed by atoms with Crippen LogP contribution in [-0.4, -0.2) is 25.0 Å². The highest BCUT2D eigenvalue weighted by Gasteiger charge is 2.08. The van der Waals surface area contributed by atoms with Gasteiger partial charge in [0.2, 0.25) is 5.91 Å². The van der Waals surface area contributed by atoms with Crippen molar-refractivity contribution in [3.05, 3.63) is 28.2 Å². The first-order valence-corrected chi connectivity index (χ1v) is 6.90. The molecule has 0 saturated carbocycles. The Morgan fingerprint density at radius 2 is 1.75 bits per heavy atom. The summed E-state index contributed by atoms with van der Waals surface area (Å²) in [5.41, 5.74) is 0.611. The summed E-state index contributed by atoms with van der Waals surface area (Å²) >= 11 is 11.7. The summed E-state index contributed by atoms with van der Waals surface area (Å²) < 4.78 is 0. The summed E-state index contributed by atoms with van der Waals surface area (Å²) in [6.07, 6.45) is 0. The van der Waals surface area contributed by atoms with Crippen molar-refractivity contribution in [1.29, 1.82) is 0 Å². The maximum atomic E-state index is 11.5. The van der Waals surface area contributed by atoms with Gasteiger partial charge < -0.3 is 10.6 Å². The molecule has 0 aliphatic rings. The van der Waals surface area contributed by atoms with Gasteiger partial charge in [0.15, 0.2) is 0 Å². The highest BCUT2D eigenvalue weighted by atomic mass is 35.5. The molecule has 7 heteroatoms. The van der Waals surface area contributed by atoms with Crippen LogP contribution in [0.2, 0.25) is 10.0 Å². The van der Waals surface area contributed by atoms with Crippen molar-refractivity contribution >= 4 is 40.8 Å². The molecule has 3 N–H and O–H groups in total. The van der Waals surface area contributed by atoms with Gasteiger partial charge in [-0.05, 0) is 24.1 Å². The molecule has 0 radical (unpaired) electrons. The van der Waals surface area contributed by atoms with Crippen LogP contribution < -0.4 is 16.0 Å². The highest BCUT2D eigenvalue weighted by Crippen LogP contribution is 2.22. The second kappa shape index (κ2) is 7.97. The van der Waals surface area contributed by atoms with Gasteiger partial charge in [-0.15, -0.1) is 0 Å². The predicted octanol–water partition coefficient (Wildman–Crippen LogP) is 2.89. The molecule has 0 atom stereocenters. The van der Waals surface area contributed by atoms with Crippen LogP contribution in [0.15, 0.2) is 18.2 Å². The van der Waals surface area contributed by atoms with E-state index in [1.807, 2.05) is 13.8 Å². The number of carbonyl (C=O) groups is 2. The Kier molecular flexibility index (Phi) is 6.61. The van der Waals surface area contributed by atoms with E-state index in [2.05, 4.69) is 16.0 Å². The number of amides is 3. The average molecular weight is 318 g/mol. The first-order valence-electron chi connectivity index (χ1n) is 6.14. The van der Waals surface area contributed by atoms with E-state index in [1.54, 1.807) is 18.2 Å². The zero-order chi connectivity index (χ0) is 15.1. The molecular formula is C13H17Cl2N3O2. The highest BCUT2D eigenvalue weighted by molar-refractivity contribution is 6.35. The lowest BCUT2D eigenvalue weighted by molar-refractivity contribution is -0.118. The lowest BCUT2D eigenvalue weighted by Gasteiger charge is -2.10. The van der Waals surface area contributed by atoms with Crippen LogP contribution in [0.3, 0.4) is 0 Å². The van der Waals surface area contributed by atoms with E-state index >= 15 is 0 Å². The van der Waals surface area contributed by atoms with E-state index < -0.39 is 11.9 Å². The average Bonchev–Trinajstić information content (AvgIpc) is 2.33. The van der Waals surface area contributed by atoms with Crippen LogP contribution in [0.4, 0.5) is 10.5 Å². The number of anilines is 1. The normalized spacial score (nSPS) is 10.2. The van der Waals surface area contributed by atoms with Gasteiger partial charge in [0.25, 0.3) is 0 Å². The van der Waals surface area contributed by atoms with E-state index in [-0.39, 0.29) is 6.54 Å². The number of nitrogens with one attached hydrogen (secondary N) is 3. The molecule has 0 aliphatic carbocycles. The van der Waals surface area contributed by atoms with Crippen molar-refractivity contribution in [2.75, 3.05) is 18.4 Å². The smallest absolute Gasteiger partial charge is 0.321 e. The van der Waals surface area contributed by atoms with Gasteiger partial charge in [0.1, 0.15) is 0 Å². The molecule has 1 rings (SSSR count). The third-order valence-corrected chi connectivity index (χ3v) is 2.68. The Hall–Kier alpha value is -1.46. The zero-order valence-electron chi connectivity index (χ0n) is 11.3. The summed E-state index contributed by atoms with van der Waals surface area (Å²) in [6, 6.07) is 4.36. The summed E-state index contributed by atoms with van der Waals surface area (Å²) in [4.78, 5) is 22.9. The van der Waals surface area contributed by atoms with E-state index in [9.17, 15) is 9.59 Å². The monoisotopic (exact) mass is 317 g/mol. The quantitative estimate of drug-likeness (QED) is 0.782. The Morgan fingerprint density at radius 3 is 2.30 bits per heavy atom. The molecule has 0 heterocycles. The Morgan fingerprint density at radius 1 is 1.15 bits per heavy atom. The van der Waals surface area contributed by atoms with Crippen molar-refractivity contribution in [3.63, 3.8) is 0 Å². The second-order valence-corrected chi connectivity index (χ2v) is 5.54. The fourth-order valence-electron chi connectivity index (χ4n) is 1.35. The SMILES string of the molecule is CC(C)CNC(=O)NC(=O)CNc1cc(Cl)cc(Cl)c1. The molecule has 1 aromatic carbocycles. The van der Waals surface area contributed by atoms with Gasteiger partial charge in [-0.3, -0.25) is 10.1 Å². The summed E-state index contributed by atoms with van der Waals surface area (Å²) in [7, 11) is 0. The van der Waals surface area contributed by atoms with Gasteiger partial charge in [0, 0.05) is 22.3 Å². The van der Waals surface area contributed by atoms with Crippen molar-refractivity contribution < 1.29 is 9.59 Å². The first kappa shape index (κ1) is 16.6. The lowest BCUT2D eigenvalue weighted by atomic mass is 10.2. The minimum atomic E-state index is -0.505. The fourth-order valence-corrected chi connectivity index (χ4v) is 1.88. The molecule has 0 fully saturated rings. The van der Waals surface area contributed by atoms with Crippen molar-refractivity contribution in [2.24, 2.45) is 5.92 Å². The maximum absolute atomic E-state index is 11.5. The molecule has 1 aromatic rings. The number of halogens is 2. The van der Waals surface area contributed by atoms with Crippen LogP contribution in [-0.2, 0) is 4.79 Å². The molecular weight excluding hydrogens is 301 g/mol. The van der Waals surface area contributed by atoms with Crippen LogP contribution in [0.5, 0.6) is 0 Å². The van der Waals surface area contributed by atoms with Crippen molar-refractivity contribution in [1.82, 2.24) is 10.6 Å². The van der Waals surface area contributed by atoms with Gasteiger partial charge >= 0.3 is 6.03 Å². The largest absolute Gasteiger partial charge is 0.376 e. The summed E-state index contributed by atoms with van der Waals surface area (Å²) in [6.45, 7) is 4.39. The van der Waals surface area contributed by atoms with Gasteiger partial charge in [-0.2, -0.15) is 0 Å². The summed E-state index contributed by atoms with van der Waals surface area (Å²) in [5.74, 6) is -0.120. The van der Waals surface area contributed by atoms with E-state index in [0.717, 1.165) is 0 Å². The molecule has 0 saturated heterocycles. The molecule has 0 bridgehead atoms. The van der Waals surface area contributed by atoms with Gasteiger partial charge in [0.05, 0.1) is 6.54 Å². The molecule has 3 amide bonds. The number of hydrogen-bond acceptors (Lipinski definition) is 3. The van der Waals surface area contributed by atoms with Gasteiger partial charge in [-0.25, -0.2) is 4.79 Å². The Balaban J connectivity index is 2.37. The number of carbonyl (C=O) groups excluding carboxylic acids is 2. The van der Waals surface area contributed by atoms with Crippen molar-refractivity contribution in [3.8, 4) is 0 Å². The number of imide groups is 1. The predicted molar refractivity (Wildman–Crippen MR) is 81.3 cm³/mol. The van der Waals surface area contributed by atoms with Crippen LogP contribution in [0.1, 0.15) is 13.8 Å². The number of rotatable bonds is 5. The maximum Gasteiger partial charge on any atom is 0.321 e. The number of benzene rings is 1. The molecule has 0 aliphatic heterocycles. The Labute approximate surface area is 128 Å². The molecule has 110 valence electrons. The topological polar surface area (TPSA) is 70.2 Å². The third kappa shape index (κ3) is 6.63. The standard InChI is InChI=1S/C13H17Cl2N3O2/c1-8(2)6-17-13(20)18-12(19)7-16-11-4-9(14)3-10(15)5-11/h3-5,8,16H,6-7H2,1-2H3,(H2,17,18,19,20). The minimum Gasteiger partial charge on any atom is -0.376 e. The van der Waals surface area contributed by atoms with Crippen LogP contribution in [0, 0.1) is 5.92 Å². The van der Waals surface area contributed by atoms with E-state index in [1.165, 1.54) is 0 Å². The van der Waals surface area contributed by atoms with E-state index in [4.69, 9.17) is 23.2 Å². The van der Waals surface area contributed by atoms with Crippen LogP contribution >= 0.6 is 23.2 Å². The lowest BCUT2D eigenvalue weighted by Crippen LogP contribution is -2.43. The van der Waals surface area contributed by atoms with Crippen LogP contribution in [0.25, 0.3) is 0 Å².